The van der Waals surface area contributed by atoms with Crippen LogP contribution >= 0.6 is 0 Å². The molecule has 0 saturated heterocycles. The van der Waals surface area contributed by atoms with Gasteiger partial charge in [-0.15, -0.1) is 5.10 Å². The van der Waals surface area contributed by atoms with Crippen LogP contribution in [-0.4, -0.2) is 47.2 Å². The zero-order valence-electron chi connectivity index (χ0n) is 11.2. The average Bonchev–Trinajstić information content (AvgIpc) is 2.86. The van der Waals surface area contributed by atoms with Gasteiger partial charge >= 0.3 is 0 Å². The number of nitrogens with zero attached hydrogens (tertiary/aromatic N) is 4. The number of rotatable bonds is 7. The van der Waals surface area contributed by atoms with Crippen LogP contribution in [0.4, 0.5) is 0 Å². The third-order valence-electron chi connectivity index (χ3n) is 2.69. The van der Waals surface area contributed by atoms with Crippen LogP contribution < -0.4 is 5.32 Å². The Labute approximate surface area is 117 Å². The molecule has 1 N–H and O–H groups in total. The highest BCUT2D eigenvalue weighted by Crippen LogP contribution is 2.06. The molecule has 1 aromatic carbocycles. The third kappa shape index (κ3) is 4.39. The van der Waals surface area contributed by atoms with E-state index < -0.39 is 9.84 Å². The van der Waals surface area contributed by atoms with Gasteiger partial charge in [0.25, 0.3) is 0 Å². The summed E-state index contributed by atoms with van der Waals surface area (Å²) >= 11 is 0. The Morgan fingerprint density at radius 3 is 2.70 bits per heavy atom. The average molecular weight is 295 g/mol. The van der Waals surface area contributed by atoms with Gasteiger partial charge in [0.05, 0.1) is 18.0 Å². The highest BCUT2D eigenvalue weighted by molar-refractivity contribution is 7.90. The summed E-state index contributed by atoms with van der Waals surface area (Å²) in [4.78, 5) is 0. The lowest BCUT2D eigenvalue weighted by Gasteiger charge is -2.05. The van der Waals surface area contributed by atoms with E-state index in [2.05, 4.69) is 20.8 Å². The molecule has 0 aliphatic heterocycles. The number of tetrazole rings is 1. The highest BCUT2D eigenvalue weighted by atomic mass is 32.2. The maximum Gasteiger partial charge on any atom is 0.170 e. The summed E-state index contributed by atoms with van der Waals surface area (Å²) in [6, 6.07) is 9.60. The molecule has 8 heteroatoms. The number of para-hydroxylation sites is 1. The van der Waals surface area contributed by atoms with Crippen molar-refractivity contribution in [3.8, 4) is 5.69 Å². The maximum atomic E-state index is 11.0. The first-order valence-corrected chi connectivity index (χ1v) is 8.33. The molecule has 1 heterocycles. The van der Waals surface area contributed by atoms with E-state index in [1.165, 1.54) is 6.26 Å². The summed E-state index contributed by atoms with van der Waals surface area (Å²) in [5.41, 5.74) is 0.894. The summed E-state index contributed by atoms with van der Waals surface area (Å²) in [7, 11) is -2.90. The standard InChI is InChI=1S/C12H17N5O2S/c1-20(18,19)9-5-8-13-10-12-14-15-16-17(12)11-6-3-2-4-7-11/h2-4,6-7,13H,5,8-10H2,1H3. The van der Waals surface area contributed by atoms with E-state index in [4.69, 9.17) is 0 Å². The van der Waals surface area contributed by atoms with Gasteiger partial charge in [-0.05, 0) is 35.5 Å². The van der Waals surface area contributed by atoms with Crippen molar-refractivity contribution in [3.63, 3.8) is 0 Å². The zero-order valence-corrected chi connectivity index (χ0v) is 12.0. The Balaban J connectivity index is 1.87. The Hall–Kier alpha value is -1.80. The van der Waals surface area contributed by atoms with Gasteiger partial charge in [0.2, 0.25) is 0 Å². The van der Waals surface area contributed by atoms with Crippen LogP contribution in [-0.2, 0) is 16.4 Å². The molecule has 2 aromatic rings. The maximum absolute atomic E-state index is 11.0. The Morgan fingerprint density at radius 2 is 2.00 bits per heavy atom. The normalized spacial score (nSPS) is 11.7. The Morgan fingerprint density at radius 1 is 1.25 bits per heavy atom. The molecule has 1 aromatic heterocycles. The van der Waals surface area contributed by atoms with Crippen molar-refractivity contribution in [2.45, 2.75) is 13.0 Å². The van der Waals surface area contributed by atoms with E-state index in [0.717, 1.165) is 5.69 Å². The molecule has 2 rings (SSSR count). The van der Waals surface area contributed by atoms with Gasteiger partial charge in [0, 0.05) is 6.26 Å². The van der Waals surface area contributed by atoms with Crippen LogP contribution in [0.3, 0.4) is 0 Å². The second-order valence-corrected chi connectivity index (χ2v) is 6.76. The molecule has 20 heavy (non-hydrogen) atoms. The summed E-state index contributed by atoms with van der Waals surface area (Å²) in [6.45, 7) is 1.10. The molecular weight excluding hydrogens is 278 g/mol. The van der Waals surface area contributed by atoms with Crippen molar-refractivity contribution in [2.24, 2.45) is 0 Å². The predicted molar refractivity (Wildman–Crippen MR) is 75.2 cm³/mol. The van der Waals surface area contributed by atoms with E-state index >= 15 is 0 Å². The molecule has 0 aliphatic rings. The van der Waals surface area contributed by atoms with E-state index in [-0.39, 0.29) is 5.75 Å². The lowest BCUT2D eigenvalue weighted by Crippen LogP contribution is -2.20. The van der Waals surface area contributed by atoms with Gasteiger partial charge in [-0.3, -0.25) is 0 Å². The van der Waals surface area contributed by atoms with E-state index in [1.54, 1.807) is 4.68 Å². The quantitative estimate of drug-likeness (QED) is 0.733. The van der Waals surface area contributed by atoms with Crippen LogP contribution in [0.1, 0.15) is 12.2 Å². The topological polar surface area (TPSA) is 89.8 Å². The van der Waals surface area contributed by atoms with E-state index in [0.29, 0.717) is 25.3 Å². The van der Waals surface area contributed by atoms with Gasteiger partial charge in [-0.1, -0.05) is 18.2 Å². The van der Waals surface area contributed by atoms with E-state index in [1.807, 2.05) is 30.3 Å². The van der Waals surface area contributed by atoms with Crippen molar-refractivity contribution in [1.82, 2.24) is 25.5 Å². The lowest BCUT2D eigenvalue weighted by molar-refractivity contribution is 0.591. The fourth-order valence-electron chi connectivity index (χ4n) is 1.75. The summed E-state index contributed by atoms with van der Waals surface area (Å²) in [5.74, 6) is 0.874. The van der Waals surface area contributed by atoms with Crippen molar-refractivity contribution < 1.29 is 8.42 Å². The fourth-order valence-corrected chi connectivity index (χ4v) is 2.41. The summed E-state index contributed by atoms with van der Waals surface area (Å²) in [6.07, 6.45) is 1.81. The second-order valence-electron chi connectivity index (χ2n) is 4.50. The molecule has 0 bridgehead atoms. The van der Waals surface area contributed by atoms with E-state index in [9.17, 15) is 8.42 Å². The number of benzene rings is 1. The molecule has 7 nitrogen and oxygen atoms in total. The fraction of sp³-hybridized carbons (Fsp3) is 0.417. The second kappa shape index (κ2) is 6.58. The predicted octanol–water partition coefficient (Wildman–Crippen LogP) is 0.187. The monoisotopic (exact) mass is 295 g/mol. The SMILES string of the molecule is CS(=O)(=O)CCCNCc1nnnn1-c1ccccc1. The molecular formula is C12H17N5O2S. The zero-order chi connectivity index (χ0) is 14.4. The number of hydrogen-bond donors (Lipinski definition) is 1. The van der Waals surface area contributed by atoms with Crippen LogP contribution in [0.25, 0.3) is 5.69 Å². The van der Waals surface area contributed by atoms with Gasteiger partial charge < -0.3 is 5.32 Å². The molecule has 108 valence electrons. The molecule has 0 saturated carbocycles. The number of aromatic nitrogens is 4. The number of sulfone groups is 1. The Bertz CT molecular complexity index is 639. The molecule has 0 spiro atoms. The van der Waals surface area contributed by atoms with Gasteiger partial charge in [-0.2, -0.15) is 4.68 Å². The molecule has 0 atom stereocenters. The first-order chi connectivity index (χ1) is 9.56. The minimum absolute atomic E-state index is 0.184. The summed E-state index contributed by atoms with van der Waals surface area (Å²) < 4.78 is 23.7. The largest absolute Gasteiger partial charge is 0.310 e. The van der Waals surface area contributed by atoms with Crippen LogP contribution in [0.5, 0.6) is 0 Å². The summed E-state index contributed by atoms with van der Waals surface area (Å²) in [5, 5.41) is 14.7. The van der Waals surface area contributed by atoms with Gasteiger partial charge in [0.15, 0.2) is 5.82 Å². The van der Waals surface area contributed by atoms with Gasteiger partial charge in [0.1, 0.15) is 9.84 Å². The van der Waals surface area contributed by atoms with Crippen molar-refractivity contribution in [1.29, 1.82) is 0 Å². The van der Waals surface area contributed by atoms with Crippen molar-refractivity contribution in [2.75, 3.05) is 18.6 Å². The molecule has 0 amide bonds. The highest BCUT2D eigenvalue weighted by Gasteiger charge is 2.07. The minimum atomic E-state index is -2.90. The van der Waals surface area contributed by atoms with Crippen LogP contribution in [0.2, 0.25) is 0 Å². The van der Waals surface area contributed by atoms with Crippen molar-refractivity contribution in [3.05, 3.63) is 36.2 Å². The smallest absolute Gasteiger partial charge is 0.170 e. The van der Waals surface area contributed by atoms with Crippen LogP contribution in [0, 0.1) is 0 Å². The number of hydrogen-bond acceptors (Lipinski definition) is 6. The first kappa shape index (κ1) is 14.6. The molecule has 0 aliphatic carbocycles. The molecule has 0 fully saturated rings. The lowest BCUT2D eigenvalue weighted by atomic mass is 10.3. The third-order valence-corrected chi connectivity index (χ3v) is 3.72. The van der Waals surface area contributed by atoms with Crippen LogP contribution in [0.15, 0.2) is 30.3 Å². The minimum Gasteiger partial charge on any atom is -0.310 e. The first-order valence-electron chi connectivity index (χ1n) is 6.27. The molecule has 0 radical (unpaired) electrons. The molecule has 0 unspecified atom stereocenters. The van der Waals surface area contributed by atoms with Crippen molar-refractivity contribution >= 4 is 9.84 Å². The Kier molecular flexibility index (Phi) is 4.80. The van der Waals surface area contributed by atoms with Gasteiger partial charge in [-0.25, -0.2) is 8.42 Å². The number of nitrogens with one attached hydrogen (secondary N) is 1.